The average Bonchev–Trinajstić information content (AvgIpc) is 1.97. The van der Waals surface area contributed by atoms with Gasteiger partial charge in [0.05, 0.1) is 18.8 Å². The molecule has 0 aliphatic carbocycles. The molecule has 0 saturated carbocycles. The highest BCUT2D eigenvalue weighted by molar-refractivity contribution is 7.41. The van der Waals surface area contributed by atoms with E-state index in [1.165, 1.54) is 0 Å². The first-order valence-corrected chi connectivity index (χ1v) is 6.23. The van der Waals surface area contributed by atoms with E-state index in [0.717, 1.165) is 6.42 Å². The molecule has 1 aliphatic rings. The van der Waals surface area contributed by atoms with Crippen LogP contribution in [0.5, 0.6) is 0 Å². The molecule has 0 spiro atoms. The lowest BCUT2D eigenvalue weighted by Gasteiger charge is -2.31. The van der Waals surface area contributed by atoms with Gasteiger partial charge in [-0.15, -0.1) is 0 Å². The molecular weight excluding hydrogens is 199 g/mol. The van der Waals surface area contributed by atoms with E-state index in [2.05, 4.69) is 34.6 Å². The predicted molar refractivity (Wildman–Crippen MR) is 58.0 cm³/mol. The Labute approximate surface area is 88.1 Å². The molecule has 2 atom stereocenters. The van der Waals surface area contributed by atoms with Gasteiger partial charge in [-0.3, -0.25) is 0 Å². The zero-order valence-corrected chi connectivity index (χ0v) is 10.6. The minimum atomic E-state index is -1.11. The van der Waals surface area contributed by atoms with Crippen molar-refractivity contribution in [1.82, 2.24) is 0 Å². The fourth-order valence-electron chi connectivity index (χ4n) is 1.18. The highest BCUT2D eigenvalue weighted by atomic mass is 31.2. The van der Waals surface area contributed by atoms with Crippen molar-refractivity contribution in [2.24, 2.45) is 5.41 Å². The second-order valence-electron chi connectivity index (χ2n) is 5.13. The van der Waals surface area contributed by atoms with E-state index in [4.69, 9.17) is 13.6 Å². The molecule has 0 aromatic rings. The highest BCUT2D eigenvalue weighted by Gasteiger charge is 2.28. The first kappa shape index (κ1) is 12.4. The first-order valence-electron chi connectivity index (χ1n) is 5.13. The maximum absolute atomic E-state index is 5.61. The van der Waals surface area contributed by atoms with Crippen LogP contribution in [0, 0.1) is 5.41 Å². The van der Waals surface area contributed by atoms with Crippen LogP contribution in [0.2, 0.25) is 0 Å². The second kappa shape index (κ2) is 4.89. The summed E-state index contributed by atoms with van der Waals surface area (Å²) in [6.45, 7) is 11.2. The van der Waals surface area contributed by atoms with Crippen molar-refractivity contribution in [2.45, 2.75) is 53.2 Å². The summed E-state index contributed by atoms with van der Waals surface area (Å²) in [7, 11) is -1.11. The zero-order chi connectivity index (χ0) is 10.8. The van der Waals surface area contributed by atoms with Crippen LogP contribution in [0.3, 0.4) is 0 Å². The van der Waals surface area contributed by atoms with Crippen molar-refractivity contribution in [3.8, 4) is 0 Å². The Bertz CT molecular complexity index is 169. The van der Waals surface area contributed by atoms with E-state index < -0.39 is 8.60 Å². The lowest BCUT2D eigenvalue weighted by molar-refractivity contribution is 0.0230. The van der Waals surface area contributed by atoms with E-state index in [1.54, 1.807) is 0 Å². The molecule has 0 aromatic carbocycles. The molecule has 0 bridgehead atoms. The van der Waals surface area contributed by atoms with E-state index in [9.17, 15) is 0 Å². The molecule has 1 saturated heterocycles. The van der Waals surface area contributed by atoms with Crippen molar-refractivity contribution < 1.29 is 13.6 Å². The molecular formula is C10H21O3P. The molecule has 14 heavy (non-hydrogen) atoms. The molecule has 4 heteroatoms. The molecule has 84 valence electrons. The van der Waals surface area contributed by atoms with Crippen LogP contribution in [0.4, 0.5) is 0 Å². The van der Waals surface area contributed by atoms with Crippen molar-refractivity contribution in [3.05, 3.63) is 0 Å². The standard InChI is InChI=1S/C10H21O3P/c1-8-6-9(2)13-14(12-8)11-7-10(3,4)5/h8-9H,6-7H2,1-5H3/t8-,9-/m0/s1. The summed E-state index contributed by atoms with van der Waals surface area (Å²) in [5, 5.41) is 0. The second-order valence-corrected chi connectivity index (χ2v) is 6.25. The Morgan fingerprint density at radius 1 is 1.21 bits per heavy atom. The summed E-state index contributed by atoms with van der Waals surface area (Å²) in [6.07, 6.45) is 1.47. The van der Waals surface area contributed by atoms with E-state index in [1.807, 2.05) is 0 Å². The molecule has 3 nitrogen and oxygen atoms in total. The fourth-order valence-corrected chi connectivity index (χ4v) is 2.60. The lowest BCUT2D eigenvalue weighted by atomic mass is 9.99. The fraction of sp³-hybridized carbons (Fsp3) is 1.00. The van der Waals surface area contributed by atoms with Crippen molar-refractivity contribution in [3.63, 3.8) is 0 Å². The van der Waals surface area contributed by atoms with Crippen LogP contribution >= 0.6 is 8.60 Å². The topological polar surface area (TPSA) is 27.7 Å². The Morgan fingerprint density at radius 2 is 1.71 bits per heavy atom. The van der Waals surface area contributed by atoms with Crippen molar-refractivity contribution in [2.75, 3.05) is 6.61 Å². The normalized spacial score (nSPS) is 34.5. The summed E-state index contributed by atoms with van der Waals surface area (Å²) in [4.78, 5) is 0. The summed E-state index contributed by atoms with van der Waals surface area (Å²) in [5.74, 6) is 0. The first-order chi connectivity index (χ1) is 6.37. The minimum absolute atomic E-state index is 0.166. The van der Waals surface area contributed by atoms with E-state index in [0.29, 0.717) is 6.61 Å². The number of hydrogen-bond donors (Lipinski definition) is 0. The molecule has 1 rings (SSSR count). The largest absolute Gasteiger partial charge is 0.333 e. The van der Waals surface area contributed by atoms with Crippen LogP contribution in [0.25, 0.3) is 0 Å². The molecule has 1 aliphatic heterocycles. The Kier molecular flexibility index (Phi) is 4.32. The van der Waals surface area contributed by atoms with E-state index >= 15 is 0 Å². The van der Waals surface area contributed by atoms with Crippen LogP contribution in [-0.2, 0) is 13.6 Å². The van der Waals surface area contributed by atoms with Gasteiger partial charge < -0.3 is 13.6 Å². The average molecular weight is 220 g/mol. The van der Waals surface area contributed by atoms with Gasteiger partial charge in [0, 0.05) is 6.42 Å². The summed E-state index contributed by atoms with van der Waals surface area (Å²) in [5.41, 5.74) is 0.166. The molecule has 0 aromatic heterocycles. The van der Waals surface area contributed by atoms with Gasteiger partial charge in [-0.1, -0.05) is 20.8 Å². The predicted octanol–water partition coefficient (Wildman–Crippen LogP) is 3.49. The lowest BCUT2D eigenvalue weighted by Crippen LogP contribution is -2.24. The molecule has 1 heterocycles. The van der Waals surface area contributed by atoms with Gasteiger partial charge in [-0.05, 0) is 19.3 Å². The Balaban J connectivity index is 2.30. The van der Waals surface area contributed by atoms with Gasteiger partial charge in [-0.25, -0.2) is 0 Å². The maximum Gasteiger partial charge on any atom is 0.333 e. The van der Waals surface area contributed by atoms with Crippen LogP contribution < -0.4 is 0 Å². The maximum atomic E-state index is 5.61. The Morgan fingerprint density at radius 3 is 2.14 bits per heavy atom. The smallest absolute Gasteiger partial charge is 0.312 e. The van der Waals surface area contributed by atoms with Crippen molar-refractivity contribution in [1.29, 1.82) is 0 Å². The molecule has 0 amide bonds. The Hall–Kier alpha value is 0.310. The summed E-state index contributed by atoms with van der Waals surface area (Å²) < 4.78 is 16.8. The van der Waals surface area contributed by atoms with E-state index in [-0.39, 0.29) is 17.6 Å². The molecule has 0 radical (unpaired) electrons. The highest BCUT2D eigenvalue weighted by Crippen LogP contribution is 2.47. The third-order valence-electron chi connectivity index (χ3n) is 1.80. The molecule has 1 fully saturated rings. The van der Waals surface area contributed by atoms with Gasteiger partial charge in [-0.2, -0.15) is 0 Å². The summed E-state index contributed by atoms with van der Waals surface area (Å²) in [6, 6.07) is 0. The van der Waals surface area contributed by atoms with Gasteiger partial charge in [0.15, 0.2) is 0 Å². The van der Waals surface area contributed by atoms with Gasteiger partial charge in [0.2, 0.25) is 0 Å². The monoisotopic (exact) mass is 220 g/mol. The van der Waals surface area contributed by atoms with Crippen LogP contribution in [0.1, 0.15) is 41.0 Å². The third-order valence-corrected chi connectivity index (χ3v) is 3.20. The zero-order valence-electron chi connectivity index (χ0n) is 9.74. The van der Waals surface area contributed by atoms with Crippen LogP contribution in [0.15, 0.2) is 0 Å². The van der Waals surface area contributed by atoms with Crippen LogP contribution in [-0.4, -0.2) is 18.8 Å². The quantitative estimate of drug-likeness (QED) is 0.667. The SMILES string of the molecule is C[C@H]1C[C@H](C)OP(OCC(C)(C)C)O1. The summed E-state index contributed by atoms with van der Waals surface area (Å²) >= 11 is 0. The van der Waals surface area contributed by atoms with Crippen molar-refractivity contribution >= 4 is 8.60 Å². The van der Waals surface area contributed by atoms with Gasteiger partial charge in [0.1, 0.15) is 0 Å². The molecule has 0 unspecified atom stereocenters. The number of hydrogen-bond acceptors (Lipinski definition) is 3. The van der Waals surface area contributed by atoms with Gasteiger partial charge in [0.25, 0.3) is 0 Å². The minimum Gasteiger partial charge on any atom is -0.312 e. The molecule has 0 N–H and O–H groups in total. The third kappa shape index (κ3) is 4.70. The number of rotatable bonds is 2. The van der Waals surface area contributed by atoms with Gasteiger partial charge >= 0.3 is 8.60 Å².